The van der Waals surface area contributed by atoms with Crippen molar-refractivity contribution in [3.05, 3.63) is 59.7 Å². The molecule has 2 N–H and O–H groups in total. The van der Waals surface area contributed by atoms with Gasteiger partial charge in [0.2, 0.25) is 0 Å². The monoisotopic (exact) mass is 258 g/mol. The molecule has 0 heterocycles. The highest BCUT2D eigenvalue weighted by Gasteiger charge is 2.03. The summed E-state index contributed by atoms with van der Waals surface area (Å²) in [5, 5.41) is 17.6. The molecule has 0 saturated carbocycles. The number of aliphatic hydroxyl groups excluding tert-OH is 1. The fourth-order valence-electron chi connectivity index (χ4n) is 1.65. The number of hydrogen-bond acceptors (Lipinski definition) is 3. The minimum absolute atomic E-state index is 0.122. The van der Waals surface area contributed by atoms with Crippen molar-refractivity contribution in [3.63, 3.8) is 0 Å². The van der Waals surface area contributed by atoms with Gasteiger partial charge in [-0.1, -0.05) is 12.1 Å². The van der Waals surface area contributed by atoms with Gasteiger partial charge in [-0.15, -0.1) is 0 Å². The molecule has 0 saturated heterocycles. The number of carbonyl (C=O) groups is 1. The standard InChI is InChI=1S/C15H14O4/c16-10-9-11-1-5-13(6-2-11)19-14-7-3-12(4-8-14)15(17)18/h1-8,16H,9-10H2,(H,17,18). The second-order valence-corrected chi connectivity index (χ2v) is 4.05. The molecule has 4 nitrogen and oxygen atoms in total. The van der Waals surface area contributed by atoms with Crippen LogP contribution < -0.4 is 4.74 Å². The van der Waals surface area contributed by atoms with E-state index in [1.165, 1.54) is 12.1 Å². The molecule has 98 valence electrons. The van der Waals surface area contributed by atoms with Crippen LogP contribution in [0.5, 0.6) is 11.5 Å². The first-order valence-electron chi connectivity index (χ1n) is 5.90. The Morgan fingerprint density at radius 3 is 1.95 bits per heavy atom. The van der Waals surface area contributed by atoms with E-state index in [1.54, 1.807) is 12.1 Å². The predicted octanol–water partition coefficient (Wildman–Crippen LogP) is 2.71. The number of ether oxygens (including phenoxy) is 1. The van der Waals surface area contributed by atoms with Gasteiger partial charge in [0, 0.05) is 6.61 Å². The topological polar surface area (TPSA) is 66.8 Å². The van der Waals surface area contributed by atoms with Crippen molar-refractivity contribution in [1.29, 1.82) is 0 Å². The van der Waals surface area contributed by atoms with E-state index >= 15 is 0 Å². The lowest BCUT2D eigenvalue weighted by molar-refractivity contribution is 0.0697. The maximum Gasteiger partial charge on any atom is 0.335 e. The van der Waals surface area contributed by atoms with E-state index in [9.17, 15) is 4.79 Å². The minimum atomic E-state index is -0.958. The Labute approximate surface area is 110 Å². The summed E-state index contributed by atoms with van der Waals surface area (Å²) >= 11 is 0. The lowest BCUT2D eigenvalue weighted by Crippen LogP contribution is -1.95. The van der Waals surface area contributed by atoms with Crippen LogP contribution in [0.1, 0.15) is 15.9 Å². The van der Waals surface area contributed by atoms with Crippen LogP contribution in [0.2, 0.25) is 0 Å². The van der Waals surface area contributed by atoms with Crippen molar-refractivity contribution in [2.24, 2.45) is 0 Å². The Bertz CT molecular complexity index is 543. The lowest BCUT2D eigenvalue weighted by atomic mass is 10.1. The molecule has 0 fully saturated rings. The Morgan fingerprint density at radius 2 is 1.47 bits per heavy atom. The largest absolute Gasteiger partial charge is 0.478 e. The molecule has 0 aliphatic carbocycles. The van der Waals surface area contributed by atoms with Gasteiger partial charge < -0.3 is 14.9 Å². The molecule has 0 atom stereocenters. The third-order valence-electron chi connectivity index (χ3n) is 2.66. The van der Waals surface area contributed by atoms with Crippen molar-refractivity contribution < 1.29 is 19.7 Å². The van der Waals surface area contributed by atoms with Gasteiger partial charge in [0.25, 0.3) is 0 Å². The van der Waals surface area contributed by atoms with Gasteiger partial charge in [-0.05, 0) is 48.4 Å². The number of aliphatic hydroxyl groups is 1. The first-order valence-corrected chi connectivity index (χ1v) is 5.90. The molecule has 4 heteroatoms. The molecular formula is C15H14O4. The summed E-state index contributed by atoms with van der Waals surface area (Å²) < 4.78 is 5.59. The molecule has 2 aromatic carbocycles. The van der Waals surface area contributed by atoms with Gasteiger partial charge in [0.05, 0.1) is 5.56 Å². The van der Waals surface area contributed by atoms with E-state index in [0.29, 0.717) is 17.9 Å². The van der Waals surface area contributed by atoms with Crippen molar-refractivity contribution in [2.75, 3.05) is 6.61 Å². The molecule has 2 rings (SSSR count). The van der Waals surface area contributed by atoms with E-state index in [2.05, 4.69) is 0 Å². The van der Waals surface area contributed by atoms with Crippen LogP contribution in [0.4, 0.5) is 0 Å². The smallest absolute Gasteiger partial charge is 0.335 e. The highest BCUT2D eigenvalue weighted by Crippen LogP contribution is 2.22. The van der Waals surface area contributed by atoms with E-state index < -0.39 is 5.97 Å². The van der Waals surface area contributed by atoms with E-state index in [1.807, 2.05) is 24.3 Å². The average molecular weight is 258 g/mol. The average Bonchev–Trinajstić information content (AvgIpc) is 2.42. The van der Waals surface area contributed by atoms with Gasteiger partial charge >= 0.3 is 5.97 Å². The molecule has 0 radical (unpaired) electrons. The van der Waals surface area contributed by atoms with Crippen molar-refractivity contribution >= 4 is 5.97 Å². The van der Waals surface area contributed by atoms with Crippen LogP contribution in [0, 0.1) is 0 Å². The fourth-order valence-corrected chi connectivity index (χ4v) is 1.65. The summed E-state index contributed by atoms with van der Waals surface area (Å²) in [5.74, 6) is 0.296. The van der Waals surface area contributed by atoms with Gasteiger partial charge in [-0.2, -0.15) is 0 Å². The highest BCUT2D eigenvalue weighted by atomic mass is 16.5. The van der Waals surface area contributed by atoms with E-state index in [-0.39, 0.29) is 12.2 Å². The maximum atomic E-state index is 10.7. The number of carboxylic acid groups (broad SMARTS) is 1. The summed E-state index contributed by atoms with van der Waals surface area (Å²) in [5.41, 5.74) is 1.27. The Kier molecular flexibility index (Phi) is 4.15. The van der Waals surface area contributed by atoms with Crippen LogP contribution in [-0.2, 0) is 6.42 Å². The quantitative estimate of drug-likeness (QED) is 0.865. The third-order valence-corrected chi connectivity index (χ3v) is 2.66. The summed E-state index contributed by atoms with van der Waals surface area (Å²) in [4.78, 5) is 10.7. The first kappa shape index (κ1) is 13.1. The molecular weight excluding hydrogens is 244 g/mol. The predicted molar refractivity (Wildman–Crippen MR) is 70.7 cm³/mol. The van der Waals surface area contributed by atoms with Crippen LogP contribution >= 0.6 is 0 Å². The summed E-state index contributed by atoms with van der Waals surface area (Å²) in [6.45, 7) is 0.122. The molecule has 0 bridgehead atoms. The molecule has 0 spiro atoms. The fraction of sp³-hybridized carbons (Fsp3) is 0.133. The molecule has 0 aliphatic heterocycles. The van der Waals surface area contributed by atoms with Gasteiger partial charge in [0.1, 0.15) is 11.5 Å². The molecule has 19 heavy (non-hydrogen) atoms. The summed E-state index contributed by atoms with van der Waals surface area (Å²) in [6.07, 6.45) is 0.619. The Morgan fingerprint density at radius 1 is 0.947 bits per heavy atom. The number of hydrogen-bond donors (Lipinski definition) is 2. The first-order chi connectivity index (χ1) is 9.19. The highest BCUT2D eigenvalue weighted by molar-refractivity contribution is 5.87. The second-order valence-electron chi connectivity index (χ2n) is 4.05. The normalized spacial score (nSPS) is 10.2. The SMILES string of the molecule is O=C(O)c1ccc(Oc2ccc(CCO)cc2)cc1. The van der Waals surface area contributed by atoms with Gasteiger partial charge in [-0.3, -0.25) is 0 Å². The Balaban J connectivity index is 2.06. The molecule has 0 aromatic heterocycles. The lowest BCUT2D eigenvalue weighted by Gasteiger charge is -2.06. The van der Waals surface area contributed by atoms with Crippen LogP contribution in [0.3, 0.4) is 0 Å². The van der Waals surface area contributed by atoms with Crippen molar-refractivity contribution in [1.82, 2.24) is 0 Å². The number of aromatic carboxylic acids is 1. The van der Waals surface area contributed by atoms with Crippen LogP contribution in [0.15, 0.2) is 48.5 Å². The van der Waals surface area contributed by atoms with E-state index in [0.717, 1.165) is 5.56 Å². The second kappa shape index (κ2) is 6.02. The molecule has 2 aromatic rings. The van der Waals surface area contributed by atoms with Gasteiger partial charge in [0.15, 0.2) is 0 Å². The van der Waals surface area contributed by atoms with Crippen LogP contribution in [0.25, 0.3) is 0 Å². The number of carboxylic acids is 1. The van der Waals surface area contributed by atoms with Crippen molar-refractivity contribution in [2.45, 2.75) is 6.42 Å². The summed E-state index contributed by atoms with van der Waals surface area (Å²) in [7, 11) is 0. The molecule has 0 unspecified atom stereocenters. The number of benzene rings is 2. The van der Waals surface area contributed by atoms with E-state index in [4.69, 9.17) is 14.9 Å². The zero-order chi connectivity index (χ0) is 13.7. The molecule has 0 aliphatic rings. The maximum absolute atomic E-state index is 10.7. The minimum Gasteiger partial charge on any atom is -0.478 e. The third kappa shape index (κ3) is 3.56. The van der Waals surface area contributed by atoms with Crippen molar-refractivity contribution in [3.8, 4) is 11.5 Å². The number of rotatable bonds is 5. The zero-order valence-electron chi connectivity index (χ0n) is 10.2. The summed E-state index contributed by atoms with van der Waals surface area (Å²) in [6, 6.07) is 13.6. The zero-order valence-corrected chi connectivity index (χ0v) is 10.2. The Hall–Kier alpha value is -2.33. The van der Waals surface area contributed by atoms with Crippen LogP contribution in [-0.4, -0.2) is 22.8 Å². The van der Waals surface area contributed by atoms with Gasteiger partial charge in [-0.25, -0.2) is 4.79 Å². The molecule has 0 amide bonds.